The second-order valence-corrected chi connectivity index (χ2v) is 6.37. The summed E-state index contributed by atoms with van der Waals surface area (Å²) in [6.07, 6.45) is 2.06. The van der Waals surface area contributed by atoms with E-state index in [4.69, 9.17) is 21.1 Å². The van der Waals surface area contributed by atoms with Gasteiger partial charge < -0.3 is 19.7 Å². The van der Waals surface area contributed by atoms with Gasteiger partial charge in [-0.3, -0.25) is 4.79 Å². The smallest absolute Gasteiger partial charge is 0.254 e. The van der Waals surface area contributed by atoms with Crippen LogP contribution >= 0.6 is 11.6 Å². The van der Waals surface area contributed by atoms with Gasteiger partial charge in [-0.1, -0.05) is 18.5 Å². The molecule has 0 bridgehead atoms. The van der Waals surface area contributed by atoms with Gasteiger partial charge in [0.15, 0.2) is 11.5 Å². The van der Waals surface area contributed by atoms with E-state index in [-0.39, 0.29) is 5.91 Å². The average Bonchev–Trinajstić information content (AvgIpc) is 2.61. The van der Waals surface area contributed by atoms with Crippen LogP contribution in [0.15, 0.2) is 12.1 Å². The number of nitrogens with one attached hydrogen (secondary N) is 1. The Balaban J connectivity index is 2.06. The topological polar surface area (TPSA) is 50.8 Å². The second kappa shape index (κ2) is 9.14. The van der Waals surface area contributed by atoms with E-state index in [1.807, 2.05) is 11.8 Å². The molecule has 0 aliphatic carbocycles. The van der Waals surface area contributed by atoms with Crippen LogP contribution in [-0.4, -0.2) is 50.7 Å². The van der Waals surface area contributed by atoms with Crippen LogP contribution in [-0.2, 0) is 0 Å². The average molecular weight is 355 g/mol. The van der Waals surface area contributed by atoms with Crippen molar-refractivity contribution in [1.29, 1.82) is 0 Å². The molecule has 1 aliphatic heterocycles. The lowest BCUT2D eigenvalue weighted by Gasteiger charge is -2.32. The number of likely N-dealkylation sites (tertiary alicyclic amines) is 1. The number of halogens is 1. The summed E-state index contributed by atoms with van der Waals surface area (Å²) < 4.78 is 10.8. The third kappa shape index (κ3) is 4.54. The van der Waals surface area contributed by atoms with Crippen molar-refractivity contribution < 1.29 is 14.3 Å². The van der Waals surface area contributed by atoms with Crippen LogP contribution in [0.5, 0.6) is 11.5 Å². The number of rotatable bonds is 7. The van der Waals surface area contributed by atoms with Crippen molar-refractivity contribution in [2.24, 2.45) is 5.92 Å². The fraction of sp³-hybridized carbons (Fsp3) is 0.611. The first-order chi connectivity index (χ1) is 11.6. The van der Waals surface area contributed by atoms with Crippen LogP contribution in [0.2, 0.25) is 5.02 Å². The first-order valence-electron chi connectivity index (χ1n) is 8.61. The highest BCUT2D eigenvalue weighted by Gasteiger charge is 2.25. The number of ether oxygens (including phenoxy) is 2. The monoisotopic (exact) mass is 354 g/mol. The molecule has 5 nitrogen and oxygen atoms in total. The maximum absolute atomic E-state index is 12.8. The Labute approximate surface area is 149 Å². The highest BCUT2D eigenvalue weighted by molar-refractivity contribution is 6.32. The molecule has 0 unspecified atom stereocenters. The molecule has 1 N–H and O–H groups in total. The Kier molecular flexibility index (Phi) is 7.18. The molecule has 1 amide bonds. The zero-order valence-corrected chi connectivity index (χ0v) is 15.5. The van der Waals surface area contributed by atoms with Crippen molar-refractivity contribution in [1.82, 2.24) is 10.2 Å². The number of carbonyl (C=O) groups excluding carboxylic acids is 1. The van der Waals surface area contributed by atoms with Crippen LogP contribution in [0.4, 0.5) is 0 Å². The number of piperidine rings is 1. The number of nitrogens with zero attached hydrogens (tertiary/aromatic N) is 1. The summed E-state index contributed by atoms with van der Waals surface area (Å²) in [6.45, 7) is 8.06. The van der Waals surface area contributed by atoms with E-state index >= 15 is 0 Å². The number of carbonyl (C=O) groups is 1. The van der Waals surface area contributed by atoms with Gasteiger partial charge in [-0.2, -0.15) is 0 Å². The summed E-state index contributed by atoms with van der Waals surface area (Å²) in [5.41, 5.74) is 0.547. The molecular formula is C18H27ClN2O3. The van der Waals surface area contributed by atoms with Gasteiger partial charge in [0, 0.05) is 18.7 Å². The summed E-state index contributed by atoms with van der Waals surface area (Å²) in [5.74, 6) is 1.63. The summed E-state index contributed by atoms with van der Waals surface area (Å²) in [5, 5.41) is 3.79. The summed E-state index contributed by atoms with van der Waals surface area (Å²) in [6, 6.07) is 3.38. The van der Waals surface area contributed by atoms with E-state index in [0.29, 0.717) is 34.6 Å². The Hall–Kier alpha value is -1.46. The van der Waals surface area contributed by atoms with E-state index in [1.54, 1.807) is 19.2 Å². The van der Waals surface area contributed by atoms with Crippen molar-refractivity contribution in [3.05, 3.63) is 22.7 Å². The normalized spacial score (nSPS) is 15.4. The third-order valence-corrected chi connectivity index (χ3v) is 4.63. The fourth-order valence-corrected chi connectivity index (χ4v) is 3.26. The highest BCUT2D eigenvalue weighted by Crippen LogP contribution is 2.37. The quantitative estimate of drug-likeness (QED) is 0.816. The zero-order chi connectivity index (χ0) is 17.5. The lowest BCUT2D eigenvalue weighted by Crippen LogP contribution is -2.40. The molecular weight excluding hydrogens is 328 g/mol. The molecule has 1 fully saturated rings. The largest absolute Gasteiger partial charge is 0.493 e. The predicted molar refractivity (Wildman–Crippen MR) is 96.3 cm³/mol. The Morgan fingerprint density at radius 2 is 2.04 bits per heavy atom. The number of methoxy groups -OCH3 is 1. The fourth-order valence-electron chi connectivity index (χ4n) is 3.00. The van der Waals surface area contributed by atoms with Crippen molar-refractivity contribution in [3.8, 4) is 11.5 Å². The van der Waals surface area contributed by atoms with Gasteiger partial charge in [0.2, 0.25) is 0 Å². The molecule has 1 aliphatic rings. The molecule has 134 valence electrons. The molecule has 1 aromatic rings. The number of hydrogen-bond acceptors (Lipinski definition) is 4. The van der Waals surface area contributed by atoms with Crippen molar-refractivity contribution in [2.45, 2.75) is 26.7 Å². The van der Waals surface area contributed by atoms with Gasteiger partial charge >= 0.3 is 0 Å². The molecule has 1 aromatic carbocycles. The van der Waals surface area contributed by atoms with Crippen molar-refractivity contribution in [2.75, 3.05) is 39.9 Å². The Bertz CT molecular complexity index is 557. The first-order valence-corrected chi connectivity index (χ1v) is 8.98. The van der Waals surface area contributed by atoms with Crippen molar-refractivity contribution >= 4 is 17.5 Å². The van der Waals surface area contributed by atoms with Gasteiger partial charge in [0.05, 0.1) is 18.7 Å². The summed E-state index contributed by atoms with van der Waals surface area (Å²) >= 11 is 6.27. The van der Waals surface area contributed by atoms with E-state index in [1.165, 1.54) is 0 Å². The Morgan fingerprint density at radius 1 is 1.33 bits per heavy atom. The standard InChI is InChI=1S/C18H27ClN2O3/c1-4-20-12-13-6-8-21(9-7-13)18(22)14-10-15(19)17(24-5-2)16(11-14)23-3/h10-11,13,20H,4-9,12H2,1-3H3. The minimum absolute atomic E-state index is 0.000138. The minimum Gasteiger partial charge on any atom is -0.493 e. The van der Waals surface area contributed by atoms with Crippen LogP contribution in [0, 0.1) is 5.92 Å². The molecule has 1 heterocycles. The maximum Gasteiger partial charge on any atom is 0.254 e. The number of amides is 1. The van der Waals surface area contributed by atoms with Gasteiger partial charge in [-0.25, -0.2) is 0 Å². The van der Waals surface area contributed by atoms with Gasteiger partial charge in [0.25, 0.3) is 5.91 Å². The van der Waals surface area contributed by atoms with E-state index < -0.39 is 0 Å². The molecule has 0 atom stereocenters. The van der Waals surface area contributed by atoms with Crippen LogP contribution in [0.3, 0.4) is 0 Å². The molecule has 2 rings (SSSR count). The molecule has 6 heteroatoms. The number of benzene rings is 1. The van der Waals surface area contributed by atoms with E-state index in [2.05, 4.69) is 12.2 Å². The molecule has 0 radical (unpaired) electrons. The molecule has 0 spiro atoms. The maximum atomic E-state index is 12.8. The number of hydrogen-bond donors (Lipinski definition) is 1. The van der Waals surface area contributed by atoms with Gasteiger partial charge in [-0.15, -0.1) is 0 Å². The zero-order valence-electron chi connectivity index (χ0n) is 14.7. The van der Waals surface area contributed by atoms with E-state index in [0.717, 1.165) is 39.0 Å². The third-order valence-electron chi connectivity index (χ3n) is 4.35. The summed E-state index contributed by atoms with van der Waals surface area (Å²) in [4.78, 5) is 14.7. The second-order valence-electron chi connectivity index (χ2n) is 5.97. The molecule has 24 heavy (non-hydrogen) atoms. The molecule has 0 aromatic heterocycles. The van der Waals surface area contributed by atoms with Crippen LogP contribution in [0.1, 0.15) is 37.0 Å². The van der Waals surface area contributed by atoms with Crippen LogP contribution < -0.4 is 14.8 Å². The van der Waals surface area contributed by atoms with Gasteiger partial charge in [0.1, 0.15) is 0 Å². The van der Waals surface area contributed by atoms with Crippen molar-refractivity contribution in [3.63, 3.8) is 0 Å². The molecule has 0 saturated carbocycles. The van der Waals surface area contributed by atoms with Gasteiger partial charge in [-0.05, 0) is 50.9 Å². The van der Waals surface area contributed by atoms with Crippen LogP contribution in [0.25, 0.3) is 0 Å². The lowest BCUT2D eigenvalue weighted by molar-refractivity contribution is 0.0690. The SMILES string of the molecule is CCNCC1CCN(C(=O)c2cc(Cl)c(OCC)c(OC)c2)CC1. The van der Waals surface area contributed by atoms with E-state index in [9.17, 15) is 4.79 Å². The molecule has 1 saturated heterocycles. The predicted octanol–water partition coefficient (Wildman–Crippen LogP) is 3.21. The highest BCUT2D eigenvalue weighted by atomic mass is 35.5. The first kappa shape index (κ1) is 18.9. The lowest BCUT2D eigenvalue weighted by atomic mass is 9.96. The Morgan fingerprint density at radius 3 is 2.62 bits per heavy atom. The minimum atomic E-state index is 0.000138. The summed E-state index contributed by atoms with van der Waals surface area (Å²) in [7, 11) is 1.55.